The van der Waals surface area contributed by atoms with E-state index in [9.17, 15) is 4.79 Å². The lowest BCUT2D eigenvalue weighted by Crippen LogP contribution is -1.92. The number of halogens is 3. The fraction of sp³-hybridized carbons (Fsp3) is 0.125. The van der Waals surface area contributed by atoms with E-state index in [0.29, 0.717) is 5.02 Å². The Labute approximate surface area is 95.8 Å². The highest BCUT2D eigenvalue weighted by atomic mass is 35.5. The largest absolute Gasteiger partial charge is 0.506 e. The second kappa shape index (κ2) is 6.76. The molecule has 0 heterocycles. The number of hydrogen-bond acceptors (Lipinski definition) is 2. The first kappa shape index (κ1) is 13.4. The van der Waals surface area contributed by atoms with Gasteiger partial charge in [-0.05, 0) is 12.1 Å². The molecule has 0 unspecified atom stereocenters. The molecule has 0 aromatic heterocycles. The normalized spacial score (nSPS) is 8.79. The summed E-state index contributed by atoms with van der Waals surface area (Å²) in [7, 11) is 0. The molecule has 0 amide bonds. The van der Waals surface area contributed by atoms with Crippen LogP contribution in [0.4, 0.5) is 0 Å². The van der Waals surface area contributed by atoms with Crippen molar-refractivity contribution in [1.82, 2.24) is 0 Å². The monoisotopic (exact) mass is 256 g/mol. The molecule has 0 saturated carbocycles. The first-order chi connectivity index (χ1) is 6.49. The van der Waals surface area contributed by atoms with Crippen LogP contribution in [0.25, 0.3) is 0 Å². The third kappa shape index (κ3) is 5.17. The molecular weight excluding hydrogens is 250 g/mol. The number of aliphatic carboxylic acids is 1. The molecule has 3 nitrogen and oxygen atoms in total. The number of alkyl halides is 1. The quantitative estimate of drug-likeness (QED) is 0.760. The van der Waals surface area contributed by atoms with Gasteiger partial charge in [-0.3, -0.25) is 4.79 Å². The van der Waals surface area contributed by atoms with Crippen molar-refractivity contribution in [3.05, 3.63) is 28.2 Å². The minimum Gasteiger partial charge on any atom is -0.506 e. The van der Waals surface area contributed by atoms with E-state index in [2.05, 4.69) is 0 Å². The lowest BCUT2D eigenvalue weighted by molar-refractivity contribution is -0.134. The molecule has 1 aromatic carbocycles. The van der Waals surface area contributed by atoms with Crippen LogP contribution in [0.2, 0.25) is 10.0 Å². The number of hydrogen-bond donors (Lipinski definition) is 2. The Morgan fingerprint density at radius 3 is 2.14 bits per heavy atom. The summed E-state index contributed by atoms with van der Waals surface area (Å²) in [5, 5.41) is 17.1. The van der Waals surface area contributed by atoms with Gasteiger partial charge in [0.2, 0.25) is 0 Å². The predicted molar refractivity (Wildman–Crippen MR) is 56.5 cm³/mol. The second-order valence-corrected chi connectivity index (χ2v) is 3.15. The van der Waals surface area contributed by atoms with Gasteiger partial charge in [-0.1, -0.05) is 29.3 Å². The Hall–Kier alpha value is -0.640. The second-order valence-electron chi connectivity index (χ2n) is 2.10. The predicted octanol–water partition coefficient (Wildman–Crippen LogP) is 3.01. The molecule has 0 saturated heterocycles. The SMILES string of the molecule is O=C(O)CCl.Oc1cccc(Cl)c1Cl. The van der Waals surface area contributed by atoms with E-state index in [0.717, 1.165) is 0 Å². The third-order valence-corrected chi connectivity index (χ3v) is 2.08. The highest BCUT2D eigenvalue weighted by Gasteiger charge is 1.99. The van der Waals surface area contributed by atoms with Crippen molar-refractivity contribution in [2.75, 3.05) is 5.88 Å². The average Bonchev–Trinajstić information content (AvgIpc) is 2.15. The summed E-state index contributed by atoms with van der Waals surface area (Å²) >= 11 is 15.8. The molecule has 1 rings (SSSR count). The van der Waals surface area contributed by atoms with Crippen molar-refractivity contribution in [1.29, 1.82) is 0 Å². The Morgan fingerprint density at radius 2 is 1.86 bits per heavy atom. The summed E-state index contributed by atoms with van der Waals surface area (Å²) in [5.74, 6) is -1.27. The summed E-state index contributed by atoms with van der Waals surface area (Å²) in [6, 6.07) is 4.72. The van der Waals surface area contributed by atoms with Crippen LogP contribution >= 0.6 is 34.8 Å². The molecule has 0 aliphatic heterocycles. The van der Waals surface area contributed by atoms with E-state index >= 15 is 0 Å². The maximum absolute atomic E-state index is 9.24. The van der Waals surface area contributed by atoms with Gasteiger partial charge in [0, 0.05) is 0 Å². The molecule has 0 radical (unpaired) electrons. The van der Waals surface area contributed by atoms with Gasteiger partial charge in [-0.15, -0.1) is 11.6 Å². The van der Waals surface area contributed by atoms with E-state index in [1.165, 1.54) is 6.07 Å². The van der Waals surface area contributed by atoms with Gasteiger partial charge >= 0.3 is 5.97 Å². The maximum atomic E-state index is 9.24. The molecule has 0 spiro atoms. The van der Waals surface area contributed by atoms with E-state index < -0.39 is 5.97 Å². The molecule has 0 bridgehead atoms. The fourth-order valence-corrected chi connectivity index (χ4v) is 0.788. The van der Waals surface area contributed by atoms with Crippen molar-refractivity contribution in [3.8, 4) is 5.75 Å². The zero-order valence-corrected chi connectivity index (χ0v) is 9.14. The van der Waals surface area contributed by atoms with Crippen LogP contribution in [-0.2, 0) is 4.79 Å². The van der Waals surface area contributed by atoms with Gasteiger partial charge in [0.15, 0.2) is 0 Å². The zero-order chi connectivity index (χ0) is 11.1. The van der Waals surface area contributed by atoms with E-state index in [1.807, 2.05) is 0 Å². The van der Waals surface area contributed by atoms with Crippen molar-refractivity contribution in [2.45, 2.75) is 0 Å². The van der Waals surface area contributed by atoms with Crippen molar-refractivity contribution < 1.29 is 15.0 Å². The number of aromatic hydroxyl groups is 1. The highest BCUT2D eigenvalue weighted by Crippen LogP contribution is 2.29. The molecule has 0 fully saturated rings. The number of carboxylic acids is 1. The van der Waals surface area contributed by atoms with Crippen LogP contribution in [0, 0.1) is 0 Å². The number of carbonyl (C=O) groups is 1. The smallest absolute Gasteiger partial charge is 0.318 e. The van der Waals surface area contributed by atoms with Crippen LogP contribution in [0.1, 0.15) is 0 Å². The lowest BCUT2D eigenvalue weighted by atomic mass is 10.3. The first-order valence-electron chi connectivity index (χ1n) is 3.39. The number of phenols is 1. The van der Waals surface area contributed by atoms with Crippen LogP contribution in [0.15, 0.2) is 18.2 Å². The molecule has 0 atom stereocenters. The van der Waals surface area contributed by atoms with Gasteiger partial charge in [-0.25, -0.2) is 0 Å². The average molecular weight is 258 g/mol. The summed E-state index contributed by atoms with van der Waals surface area (Å²) in [4.78, 5) is 9.24. The number of carboxylic acid groups (broad SMARTS) is 1. The zero-order valence-electron chi connectivity index (χ0n) is 6.88. The fourth-order valence-electron chi connectivity index (χ4n) is 0.492. The summed E-state index contributed by atoms with van der Waals surface area (Å²) < 4.78 is 0. The Kier molecular flexibility index (Phi) is 6.45. The maximum Gasteiger partial charge on any atom is 0.318 e. The molecule has 78 valence electrons. The Balaban J connectivity index is 0.000000292. The molecule has 6 heteroatoms. The molecule has 0 aliphatic carbocycles. The standard InChI is InChI=1S/C6H4Cl2O.C2H3ClO2/c7-4-2-1-3-5(9)6(4)8;3-1-2(4)5/h1-3,9H;1H2,(H,4,5). The summed E-state index contributed by atoms with van der Waals surface area (Å²) in [6.45, 7) is 0. The first-order valence-corrected chi connectivity index (χ1v) is 4.68. The molecule has 1 aromatic rings. The van der Waals surface area contributed by atoms with Gasteiger partial charge < -0.3 is 10.2 Å². The van der Waals surface area contributed by atoms with Gasteiger partial charge in [-0.2, -0.15) is 0 Å². The molecule has 2 N–H and O–H groups in total. The Bertz CT molecular complexity index is 294. The minimum absolute atomic E-state index is 0.0177. The van der Waals surface area contributed by atoms with Crippen molar-refractivity contribution in [2.24, 2.45) is 0 Å². The van der Waals surface area contributed by atoms with Crippen LogP contribution in [0.3, 0.4) is 0 Å². The molecular formula is C8H7Cl3O3. The number of benzene rings is 1. The topological polar surface area (TPSA) is 57.5 Å². The number of phenolic OH excluding ortho intramolecular Hbond substituents is 1. The van der Waals surface area contributed by atoms with Gasteiger partial charge in [0.25, 0.3) is 0 Å². The number of rotatable bonds is 1. The van der Waals surface area contributed by atoms with Crippen molar-refractivity contribution >= 4 is 40.8 Å². The van der Waals surface area contributed by atoms with Crippen LogP contribution in [0.5, 0.6) is 5.75 Å². The van der Waals surface area contributed by atoms with Crippen LogP contribution in [-0.4, -0.2) is 22.1 Å². The minimum atomic E-state index is -0.980. The van der Waals surface area contributed by atoms with E-state index in [-0.39, 0.29) is 16.7 Å². The van der Waals surface area contributed by atoms with E-state index in [1.54, 1.807) is 12.1 Å². The highest BCUT2D eigenvalue weighted by molar-refractivity contribution is 6.42. The van der Waals surface area contributed by atoms with Crippen molar-refractivity contribution in [3.63, 3.8) is 0 Å². The Morgan fingerprint density at radius 1 is 1.36 bits per heavy atom. The lowest BCUT2D eigenvalue weighted by Gasteiger charge is -1.95. The third-order valence-electron chi connectivity index (χ3n) is 1.05. The van der Waals surface area contributed by atoms with Gasteiger partial charge in [0.1, 0.15) is 16.7 Å². The van der Waals surface area contributed by atoms with E-state index in [4.69, 9.17) is 45.0 Å². The van der Waals surface area contributed by atoms with Crippen LogP contribution < -0.4 is 0 Å². The summed E-state index contributed by atoms with van der Waals surface area (Å²) in [6.07, 6.45) is 0. The van der Waals surface area contributed by atoms with Gasteiger partial charge in [0.05, 0.1) is 5.02 Å². The molecule has 14 heavy (non-hydrogen) atoms. The molecule has 0 aliphatic rings. The summed E-state index contributed by atoms with van der Waals surface area (Å²) in [5.41, 5.74) is 0.